The largest absolute Gasteiger partial charge is 0.475 e. The molecular weight excluding hydrogens is 274 g/mol. The Balaban J connectivity index is 1.62. The van der Waals surface area contributed by atoms with Gasteiger partial charge in [-0.05, 0) is 37.8 Å². The summed E-state index contributed by atoms with van der Waals surface area (Å²) in [7, 11) is 0. The first-order chi connectivity index (χ1) is 10.1. The van der Waals surface area contributed by atoms with E-state index >= 15 is 0 Å². The van der Waals surface area contributed by atoms with Crippen molar-refractivity contribution in [3.8, 4) is 0 Å². The van der Waals surface area contributed by atoms with E-state index in [0.717, 1.165) is 25.7 Å². The first kappa shape index (κ1) is 14.1. The fourth-order valence-electron chi connectivity index (χ4n) is 3.35. The predicted octanol–water partition coefficient (Wildman–Crippen LogP) is 2.20. The average Bonchev–Trinajstić information content (AvgIpc) is 3.08. The van der Waals surface area contributed by atoms with Gasteiger partial charge in [0.05, 0.1) is 5.60 Å². The van der Waals surface area contributed by atoms with Gasteiger partial charge < -0.3 is 19.6 Å². The highest BCUT2D eigenvalue weighted by Crippen LogP contribution is 2.40. The van der Waals surface area contributed by atoms with Gasteiger partial charge in [0.15, 0.2) is 5.76 Å². The van der Waals surface area contributed by atoms with Gasteiger partial charge in [-0.25, -0.2) is 4.79 Å². The van der Waals surface area contributed by atoms with Crippen molar-refractivity contribution in [1.82, 2.24) is 5.32 Å². The number of aromatic carboxylic acids is 1. The minimum Gasteiger partial charge on any atom is -0.475 e. The Kier molecular flexibility index (Phi) is 3.71. The molecule has 2 N–H and O–H groups in total. The van der Waals surface area contributed by atoms with Gasteiger partial charge in [0, 0.05) is 12.6 Å². The lowest BCUT2D eigenvalue weighted by Gasteiger charge is -2.38. The second-order valence-corrected chi connectivity index (χ2v) is 5.87. The van der Waals surface area contributed by atoms with E-state index < -0.39 is 5.97 Å². The van der Waals surface area contributed by atoms with Gasteiger partial charge in [0.25, 0.3) is 5.91 Å². The maximum absolute atomic E-state index is 12.1. The first-order valence-corrected chi connectivity index (χ1v) is 7.36. The van der Waals surface area contributed by atoms with Gasteiger partial charge >= 0.3 is 5.97 Å². The Labute approximate surface area is 122 Å². The lowest BCUT2D eigenvalue weighted by molar-refractivity contribution is -0.0823. The van der Waals surface area contributed by atoms with E-state index in [0.29, 0.717) is 6.61 Å². The lowest BCUT2D eigenvalue weighted by Crippen LogP contribution is -2.47. The number of amides is 1. The van der Waals surface area contributed by atoms with Crippen LogP contribution < -0.4 is 5.32 Å². The van der Waals surface area contributed by atoms with Crippen LogP contribution in [0.5, 0.6) is 0 Å². The monoisotopic (exact) mass is 293 g/mol. The molecule has 1 saturated carbocycles. The molecule has 21 heavy (non-hydrogen) atoms. The summed E-state index contributed by atoms with van der Waals surface area (Å²) in [5, 5.41) is 11.7. The van der Waals surface area contributed by atoms with Crippen molar-refractivity contribution in [3.05, 3.63) is 23.7 Å². The highest BCUT2D eigenvalue weighted by Gasteiger charge is 2.40. The molecule has 1 spiro atoms. The molecule has 3 rings (SSSR count). The van der Waals surface area contributed by atoms with Gasteiger partial charge in [0.1, 0.15) is 0 Å². The summed E-state index contributed by atoms with van der Waals surface area (Å²) in [4.78, 5) is 22.9. The second-order valence-electron chi connectivity index (χ2n) is 5.87. The molecule has 6 heteroatoms. The molecule has 2 fully saturated rings. The average molecular weight is 293 g/mol. The number of carboxylic acid groups (broad SMARTS) is 1. The third-order valence-electron chi connectivity index (χ3n) is 4.38. The van der Waals surface area contributed by atoms with Crippen molar-refractivity contribution in [2.75, 3.05) is 6.61 Å². The molecule has 1 unspecified atom stereocenters. The minimum absolute atomic E-state index is 0.0411. The Bertz CT molecular complexity index is 544. The molecule has 1 atom stereocenters. The van der Waals surface area contributed by atoms with Gasteiger partial charge in [-0.3, -0.25) is 4.79 Å². The van der Waals surface area contributed by atoms with E-state index in [-0.39, 0.29) is 29.1 Å². The van der Waals surface area contributed by atoms with Crippen LogP contribution in [0.3, 0.4) is 0 Å². The smallest absolute Gasteiger partial charge is 0.371 e. The van der Waals surface area contributed by atoms with Crippen LogP contribution in [0.1, 0.15) is 59.6 Å². The standard InChI is InChI=1S/C15H19NO5/c17-13(11-3-4-12(21-11)14(18)19)16-10-5-8-20-15(9-10)6-1-2-7-15/h3-4,10H,1-2,5-9H2,(H,16,17)(H,18,19). The zero-order chi connectivity index (χ0) is 14.9. The lowest BCUT2D eigenvalue weighted by atomic mass is 9.89. The van der Waals surface area contributed by atoms with Crippen molar-refractivity contribution in [2.24, 2.45) is 0 Å². The molecule has 2 heterocycles. The molecule has 0 bridgehead atoms. The number of carbonyl (C=O) groups is 2. The van der Waals surface area contributed by atoms with Crippen molar-refractivity contribution in [1.29, 1.82) is 0 Å². The first-order valence-electron chi connectivity index (χ1n) is 7.36. The van der Waals surface area contributed by atoms with E-state index in [1.807, 2.05) is 0 Å². The van der Waals surface area contributed by atoms with E-state index in [2.05, 4.69) is 5.32 Å². The number of furan rings is 1. The maximum Gasteiger partial charge on any atom is 0.371 e. The van der Waals surface area contributed by atoms with Crippen LogP contribution >= 0.6 is 0 Å². The van der Waals surface area contributed by atoms with Crippen LogP contribution in [0.4, 0.5) is 0 Å². The van der Waals surface area contributed by atoms with Gasteiger partial charge in [0.2, 0.25) is 5.76 Å². The maximum atomic E-state index is 12.1. The van der Waals surface area contributed by atoms with Crippen molar-refractivity contribution < 1.29 is 23.8 Å². The Morgan fingerprint density at radius 1 is 1.24 bits per heavy atom. The van der Waals surface area contributed by atoms with Crippen molar-refractivity contribution in [3.63, 3.8) is 0 Å². The summed E-state index contributed by atoms with van der Waals surface area (Å²) >= 11 is 0. The molecular formula is C15H19NO5. The van der Waals surface area contributed by atoms with Crippen molar-refractivity contribution >= 4 is 11.9 Å². The molecule has 1 aromatic heterocycles. The van der Waals surface area contributed by atoms with Crippen LogP contribution in [-0.2, 0) is 4.74 Å². The molecule has 0 radical (unpaired) electrons. The molecule has 1 aromatic rings. The third-order valence-corrected chi connectivity index (χ3v) is 4.38. The normalized spacial score (nSPS) is 24.1. The summed E-state index contributed by atoms with van der Waals surface area (Å²) in [6.07, 6.45) is 6.08. The minimum atomic E-state index is -1.18. The van der Waals surface area contributed by atoms with Gasteiger partial charge in [-0.15, -0.1) is 0 Å². The Morgan fingerprint density at radius 2 is 1.95 bits per heavy atom. The summed E-state index contributed by atoms with van der Waals surface area (Å²) in [6.45, 7) is 0.656. The zero-order valence-electron chi connectivity index (χ0n) is 11.8. The number of hydrogen-bond acceptors (Lipinski definition) is 4. The zero-order valence-corrected chi connectivity index (χ0v) is 11.8. The van der Waals surface area contributed by atoms with Crippen LogP contribution in [0.25, 0.3) is 0 Å². The molecule has 1 saturated heterocycles. The van der Waals surface area contributed by atoms with Crippen LogP contribution in [-0.4, -0.2) is 35.2 Å². The highest BCUT2D eigenvalue weighted by atomic mass is 16.5. The molecule has 2 aliphatic rings. The van der Waals surface area contributed by atoms with Crippen LogP contribution in [0, 0.1) is 0 Å². The van der Waals surface area contributed by atoms with E-state index in [1.165, 1.54) is 25.0 Å². The molecule has 114 valence electrons. The number of hydrogen-bond donors (Lipinski definition) is 2. The number of nitrogens with one attached hydrogen (secondary N) is 1. The molecule has 6 nitrogen and oxygen atoms in total. The fraction of sp³-hybridized carbons (Fsp3) is 0.600. The SMILES string of the molecule is O=C(O)c1ccc(C(=O)NC2CCOC3(CCCC3)C2)o1. The number of rotatable bonds is 3. The summed E-state index contributed by atoms with van der Waals surface area (Å²) in [5.74, 6) is -1.72. The second kappa shape index (κ2) is 5.52. The fourth-order valence-corrected chi connectivity index (χ4v) is 3.35. The molecule has 1 amide bonds. The van der Waals surface area contributed by atoms with Gasteiger partial charge in [-0.1, -0.05) is 12.8 Å². The molecule has 1 aliphatic carbocycles. The van der Waals surface area contributed by atoms with Crippen LogP contribution in [0.15, 0.2) is 16.5 Å². The summed E-state index contributed by atoms with van der Waals surface area (Å²) in [6, 6.07) is 2.74. The summed E-state index contributed by atoms with van der Waals surface area (Å²) < 4.78 is 10.9. The molecule has 1 aliphatic heterocycles. The van der Waals surface area contributed by atoms with E-state index in [9.17, 15) is 9.59 Å². The van der Waals surface area contributed by atoms with Gasteiger partial charge in [-0.2, -0.15) is 0 Å². The third kappa shape index (κ3) is 2.95. The number of carbonyl (C=O) groups excluding carboxylic acids is 1. The molecule has 0 aromatic carbocycles. The Morgan fingerprint density at radius 3 is 2.62 bits per heavy atom. The highest BCUT2D eigenvalue weighted by molar-refractivity contribution is 5.93. The topological polar surface area (TPSA) is 88.8 Å². The summed E-state index contributed by atoms with van der Waals surface area (Å²) in [5.41, 5.74) is -0.0639. The Hall–Kier alpha value is -1.82. The van der Waals surface area contributed by atoms with E-state index in [1.54, 1.807) is 0 Å². The van der Waals surface area contributed by atoms with Crippen molar-refractivity contribution in [2.45, 2.75) is 50.2 Å². The number of ether oxygens (including phenoxy) is 1. The predicted molar refractivity (Wildman–Crippen MR) is 73.3 cm³/mol. The number of carboxylic acids is 1. The van der Waals surface area contributed by atoms with Crippen LogP contribution in [0.2, 0.25) is 0 Å². The van der Waals surface area contributed by atoms with E-state index in [4.69, 9.17) is 14.3 Å². The quantitative estimate of drug-likeness (QED) is 0.891.